The minimum atomic E-state index is -3.64. The highest BCUT2D eigenvalue weighted by Crippen LogP contribution is 2.39. The second-order valence-corrected chi connectivity index (χ2v) is 22.3. The van der Waals surface area contributed by atoms with Gasteiger partial charge in [0, 0.05) is 106 Å². The maximum absolute atomic E-state index is 13.4. The molecule has 8 aromatic rings. The van der Waals surface area contributed by atoms with Crippen LogP contribution in [0.15, 0.2) is 71.9 Å². The van der Waals surface area contributed by atoms with Crippen LogP contribution in [0.1, 0.15) is 77.6 Å². The maximum Gasteiger partial charge on any atom is 0.254 e. The SMILES string of the molecule is COc1cc(C(=O)N2CCC[C@@H](N)C2)cc2nc(-c3cc4cc(C#N)cnc4n3CC3CC3)n(C)c12.Cn1c(-c2cc3cccnc3n2CC2CC2)nc2cc(C(=O)N3CCC[C@@H](N)C3)cc(S(C)(=O)=O)c21. The summed E-state index contributed by atoms with van der Waals surface area (Å²) in [6.45, 7) is 4.05. The number of imidazole rings is 2. The predicted molar refractivity (Wildman–Crippen MR) is 275 cm³/mol. The number of methoxy groups -OCH3 is 1. The summed E-state index contributed by atoms with van der Waals surface area (Å²) >= 11 is 0. The van der Waals surface area contributed by atoms with Crippen molar-refractivity contribution < 1.29 is 22.7 Å². The van der Waals surface area contributed by atoms with E-state index in [0.29, 0.717) is 82.8 Å². The van der Waals surface area contributed by atoms with Crippen molar-refractivity contribution in [3.05, 3.63) is 83.7 Å². The lowest BCUT2D eigenvalue weighted by atomic mass is 10.0. The van der Waals surface area contributed by atoms with Crippen molar-refractivity contribution in [1.82, 2.24) is 48.0 Å². The van der Waals surface area contributed by atoms with E-state index in [1.807, 2.05) is 52.4 Å². The van der Waals surface area contributed by atoms with Gasteiger partial charge in [0.05, 0.1) is 45.5 Å². The Morgan fingerprint density at radius 3 is 1.82 bits per heavy atom. The molecule has 4 fully saturated rings. The lowest BCUT2D eigenvalue weighted by molar-refractivity contribution is 0.0702. The highest BCUT2D eigenvalue weighted by molar-refractivity contribution is 7.91. The molecule has 72 heavy (non-hydrogen) atoms. The smallest absolute Gasteiger partial charge is 0.254 e. The summed E-state index contributed by atoms with van der Waals surface area (Å²) in [5.41, 5.74) is 19.7. The van der Waals surface area contributed by atoms with E-state index in [1.165, 1.54) is 38.0 Å². The van der Waals surface area contributed by atoms with Gasteiger partial charge in [-0.1, -0.05) is 0 Å². The molecule has 372 valence electrons. The van der Waals surface area contributed by atoms with Gasteiger partial charge in [-0.2, -0.15) is 5.26 Å². The number of piperidine rings is 2. The van der Waals surface area contributed by atoms with Crippen LogP contribution in [0.3, 0.4) is 0 Å². The van der Waals surface area contributed by atoms with Gasteiger partial charge < -0.3 is 44.3 Å². The number of hydrogen-bond acceptors (Lipinski definition) is 12. The standard InChI is InChI=1S/C27H29N7O2.C26H30N6O3S/c1-32-24-21(9-19(11-23(24)36-2)27(35)33-7-3-4-20(29)15-33)31-26(32)22-10-18-8-17(12-28)13-30-25(18)34(22)14-16-5-6-16;1-30-23-20(11-18(13-22(23)36(2,34)35)26(33)31-10-4-6-19(27)15-31)29-25(30)21-12-17-5-3-9-28-24(17)32(21)14-16-7-8-16/h8-11,13,16,20H,3-7,14-15,29H2,1-2H3;3,5,9,11-13,16,19H,4,6-8,10,14-15,27H2,1-2H3/t20-;19-/m11/s1. The molecular weight excluding hydrogens is 931 g/mol. The minimum Gasteiger partial charge on any atom is -0.494 e. The minimum absolute atomic E-state index is 0.0123. The average Bonchev–Trinajstić information content (AvgIpc) is 4.26. The third kappa shape index (κ3) is 8.85. The summed E-state index contributed by atoms with van der Waals surface area (Å²) in [5, 5.41) is 11.3. The first-order valence-electron chi connectivity index (χ1n) is 24.9. The van der Waals surface area contributed by atoms with E-state index < -0.39 is 9.84 Å². The summed E-state index contributed by atoms with van der Waals surface area (Å²) < 4.78 is 39.8. The molecule has 18 nitrogen and oxygen atoms in total. The molecule has 0 radical (unpaired) electrons. The van der Waals surface area contributed by atoms with Crippen LogP contribution in [-0.4, -0.2) is 120 Å². The van der Waals surface area contributed by atoms with Crippen LogP contribution in [0.25, 0.3) is 67.2 Å². The monoisotopic (exact) mass is 989 g/mol. The fourth-order valence-corrected chi connectivity index (χ4v) is 11.6. The van der Waals surface area contributed by atoms with Gasteiger partial charge in [-0.3, -0.25) is 9.59 Å². The molecule has 12 rings (SSSR count). The van der Waals surface area contributed by atoms with Crippen LogP contribution in [0.2, 0.25) is 0 Å². The third-order valence-corrected chi connectivity index (χ3v) is 15.8. The molecule has 0 spiro atoms. The van der Waals surface area contributed by atoms with Gasteiger partial charge in [0.2, 0.25) is 0 Å². The van der Waals surface area contributed by atoms with Crippen molar-refractivity contribution in [3.63, 3.8) is 0 Å². The number of nitrogens with zero attached hydrogens (tertiary/aromatic N) is 11. The number of sulfone groups is 1. The molecule has 2 atom stereocenters. The molecule has 2 saturated heterocycles. The van der Waals surface area contributed by atoms with Crippen molar-refractivity contribution in [3.8, 4) is 34.9 Å². The molecule has 0 unspecified atom stereocenters. The average molecular weight is 990 g/mol. The van der Waals surface area contributed by atoms with Crippen molar-refractivity contribution in [1.29, 1.82) is 5.26 Å². The normalized spacial score (nSPS) is 18.5. The van der Waals surface area contributed by atoms with Gasteiger partial charge >= 0.3 is 0 Å². The molecule has 4 aliphatic rings. The Morgan fingerprint density at radius 1 is 0.736 bits per heavy atom. The fourth-order valence-electron chi connectivity index (χ4n) is 10.7. The van der Waals surface area contributed by atoms with Crippen molar-refractivity contribution in [2.24, 2.45) is 37.4 Å². The lowest BCUT2D eigenvalue weighted by Crippen LogP contribution is -2.45. The van der Waals surface area contributed by atoms with Crippen molar-refractivity contribution in [2.45, 2.75) is 81.4 Å². The number of nitriles is 1. The van der Waals surface area contributed by atoms with Gasteiger partial charge in [-0.15, -0.1) is 0 Å². The molecule has 19 heteroatoms. The third-order valence-electron chi connectivity index (χ3n) is 14.7. The summed E-state index contributed by atoms with van der Waals surface area (Å²) in [7, 11) is 1.77. The van der Waals surface area contributed by atoms with Crippen molar-refractivity contribution in [2.75, 3.05) is 39.5 Å². The van der Waals surface area contributed by atoms with Gasteiger partial charge in [-0.25, -0.2) is 28.4 Å². The van der Waals surface area contributed by atoms with Crippen LogP contribution in [0.5, 0.6) is 5.75 Å². The van der Waals surface area contributed by atoms with Gasteiger partial charge in [0.1, 0.15) is 28.6 Å². The molecule has 2 aromatic carbocycles. The van der Waals surface area contributed by atoms with Gasteiger partial charge in [-0.05, 0) is 118 Å². The number of fused-ring (bicyclic) bond motifs is 4. The lowest BCUT2D eigenvalue weighted by Gasteiger charge is -2.30. The number of likely N-dealkylation sites (tertiary alicyclic amines) is 2. The van der Waals surface area contributed by atoms with E-state index >= 15 is 0 Å². The Kier molecular flexibility index (Phi) is 12.1. The van der Waals surface area contributed by atoms with Crippen molar-refractivity contribution >= 4 is 65.8 Å². The molecule has 4 N–H and O–H groups in total. The summed E-state index contributed by atoms with van der Waals surface area (Å²) in [4.78, 5) is 49.4. The molecule has 0 bridgehead atoms. The predicted octanol–water partition coefficient (Wildman–Crippen LogP) is 6.41. The number of hydrogen-bond donors (Lipinski definition) is 2. The quantitative estimate of drug-likeness (QED) is 0.151. The topological polar surface area (TPSA) is 231 Å². The van der Waals surface area contributed by atoms with Crippen LogP contribution in [0.4, 0.5) is 0 Å². The molecular formula is C53H59N13O5S. The molecule has 2 amide bonds. The maximum atomic E-state index is 13.4. The first-order chi connectivity index (χ1) is 34.7. The molecule has 2 saturated carbocycles. The van der Waals surface area contributed by atoms with Crippen LogP contribution in [-0.2, 0) is 37.0 Å². The number of benzene rings is 2. The van der Waals surface area contributed by atoms with Gasteiger partial charge in [0.15, 0.2) is 21.5 Å². The summed E-state index contributed by atoms with van der Waals surface area (Å²) in [5.74, 6) is 3.00. The molecule has 2 aliphatic heterocycles. The number of carbonyl (C=O) groups is 2. The number of rotatable bonds is 10. The van der Waals surface area contributed by atoms with E-state index in [-0.39, 0.29) is 28.8 Å². The number of ether oxygens (including phenoxy) is 1. The Labute approximate surface area is 417 Å². The van der Waals surface area contributed by atoms with E-state index in [2.05, 4.69) is 37.3 Å². The van der Waals surface area contributed by atoms with Crippen LogP contribution in [0, 0.1) is 23.2 Å². The highest BCUT2D eigenvalue weighted by atomic mass is 32.2. The van der Waals surface area contributed by atoms with E-state index in [0.717, 1.165) is 83.6 Å². The zero-order valence-corrected chi connectivity index (χ0v) is 41.9. The zero-order chi connectivity index (χ0) is 50.2. The van der Waals surface area contributed by atoms with Crippen LogP contribution >= 0.6 is 0 Å². The van der Waals surface area contributed by atoms with E-state index in [1.54, 1.807) is 36.5 Å². The van der Waals surface area contributed by atoms with Crippen LogP contribution < -0.4 is 16.2 Å². The number of pyridine rings is 2. The number of aromatic nitrogens is 8. The summed E-state index contributed by atoms with van der Waals surface area (Å²) in [6.07, 6.45) is 12.9. The van der Waals surface area contributed by atoms with Gasteiger partial charge in [0.25, 0.3) is 11.8 Å². The molecule has 6 aromatic heterocycles. The number of nitrogens with two attached hydrogens (primary N) is 2. The Bertz CT molecular complexity index is 3630. The fraction of sp³-hybridized carbons (Fsp3) is 0.415. The number of carbonyl (C=O) groups excluding carboxylic acids is 2. The first-order valence-corrected chi connectivity index (χ1v) is 26.8. The first kappa shape index (κ1) is 47.2. The largest absolute Gasteiger partial charge is 0.494 e. The Hall–Kier alpha value is -7.14. The highest BCUT2D eigenvalue weighted by Gasteiger charge is 2.31. The number of aryl methyl sites for hydroxylation is 2. The van der Waals surface area contributed by atoms with E-state index in [9.17, 15) is 23.3 Å². The molecule has 8 heterocycles. The Morgan fingerprint density at radius 2 is 1.28 bits per heavy atom. The zero-order valence-electron chi connectivity index (χ0n) is 41.1. The Balaban J connectivity index is 0.000000156. The second-order valence-electron chi connectivity index (χ2n) is 20.3. The second kappa shape index (κ2) is 18.5. The number of amides is 2. The van der Waals surface area contributed by atoms with E-state index in [4.69, 9.17) is 26.2 Å². The summed E-state index contributed by atoms with van der Waals surface area (Å²) in [6, 6.07) is 18.9. The molecule has 2 aliphatic carbocycles.